The highest BCUT2D eigenvalue weighted by Gasteiger charge is 2.18. The Bertz CT molecular complexity index is 919. The zero-order chi connectivity index (χ0) is 16.4. The summed E-state index contributed by atoms with van der Waals surface area (Å²) in [5, 5.41) is 7.93. The molecule has 1 amide bonds. The number of rotatable bonds is 3. The lowest BCUT2D eigenvalue weighted by Gasteiger charge is -2.14. The molecule has 23 heavy (non-hydrogen) atoms. The van der Waals surface area contributed by atoms with Gasteiger partial charge in [-0.3, -0.25) is 9.59 Å². The van der Waals surface area contributed by atoms with Crippen molar-refractivity contribution < 1.29 is 9.18 Å². The van der Waals surface area contributed by atoms with Crippen LogP contribution in [-0.4, -0.2) is 15.7 Å². The number of carbonyl (C=O) groups excluding carboxylic acids is 1. The number of halogens is 1. The standard InChI is InChI=1S/C17H14FN3O2/c1-11(16(22)20-14-8-6-13(18)7-9-14)21-17(23)15-5-3-2-4-12(15)10-19-21/h2-11H,1H3,(H,20,22)/t11-/m1/s1. The van der Waals surface area contributed by atoms with E-state index in [9.17, 15) is 14.0 Å². The SMILES string of the molecule is C[C@H](C(=O)Nc1ccc(F)cc1)n1ncc2ccccc2c1=O. The van der Waals surface area contributed by atoms with Gasteiger partial charge in [-0.2, -0.15) is 5.10 Å². The van der Waals surface area contributed by atoms with Crippen LogP contribution in [0.1, 0.15) is 13.0 Å². The Balaban J connectivity index is 1.89. The van der Waals surface area contributed by atoms with E-state index in [-0.39, 0.29) is 11.4 Å². The predicted molar refractivity (Wildman–Crippen MR) is 85.7 cm³/mol. The maximum absolute atomic E-state index is 12.9. The Hall–Kier alpha value is -3.02. The van der Waals surface area contributed by atoms with Crippen molar-refractivity contribution >= 4 is 22.4 Å². The molecule has 0 saturated heterocycles. The summed E-state index contributed by atoms with van der Waals surface area (Å²) in [7, 11) is 0. The minimum Gasteiger partial charge on any atom is -0.324 e. The Morgan fingerprint density at radius 1 is 1.17 bits per heavy atom. The molecule has 0 unspecified atom stereocenters. The zero-order valence-electron chi connectivity index (χ0n) is 12.4. The summed E-state index contributed by atoms with van der Waals surface area (Å²) in [5.74, 6) is -0.787. The van der Waals surface area contributed by atoms with Crippen LogP contribution in [0.5, 0.6) is 0 Å². The number of benzene rings is 2. The highest BCUT2D eigenvalue weighted by atomic mass is 19.1. The smallest absolute Gasteiger partial charge is 0.275 e. The summed E-state index contributed by atoms with van der Waals surface area (Å²) < 4.78 is 14.0. The summed E-state index contributed by atoms with van der Waals surface area (Å²) in [6.45, 7) is 1.59. The molecule has 116 valence electrons. The van der Waals surface area contributed by atoms with Gasteiger partial charge >= 0.3 is 0 Å². The molecule has 2 aromatic carbocycles. The van der Waals surface area contributed by atoms with Crippen molar-refractivity contribution in [2.24, 2.45) is 0 Å². The maximum atomic E-state index is 12.9. The molecule has 1 aromatic heterocycles. The Labute approximate surface area is 131 Å². The molecule has 0 aliphatic heterocycles. The number of carbonyl (C=O) groups is 1. The van der Waals surface area contributed by atoms with E-state index in [2.05, 4.69) is 10.4 Å². The van der Waals surface area contributed by atoms with E-state index < -0.39 is 11.9 Å². The summed E-state index contributed by atoms with van der Waals surface area (Å²) in [5.41, 5.74) is 0.127. The number of anilines is 1. The van der Waals surface area contributed by atoms with Gasteiger partial charge in [0.25, 0.3) is 5.56 Å². The van der Waals surface area contributed by atoms with Crippen molar-refractivity contribution in [3.8, 4) is 0 Å². The fourth-order valence-corrected chi connectivity index (χ4v) is 2.27. The van der Waals surface area contributed by atoms with Crippen LogP contribution in [0.4, 0.5) is 10.1 Å². The minimum absolute atomic E-state index is 0.329. The molecule has 0 aliphatic rings. The van der Waals surface area contributed by atoms with E-state index >= 15 is 0 Å². The van der Waals surface area contributed by atoms with Gasteiger partial charge in [0.1, 0.15) is 11.9 Å². The van der Waals surface area contributed by atoms with Crippen molar-refractivity contribution in [2.45, 2.75) is 13.0 Å². The van der Waals surface area contributed by atoms with Crippen molar-refractivity contribution in [3.63, 3.8) is 0 Å². The van der Waals surface area contributed by atoms with E-state index in [1.807, 2.05) is 6.07 Å². The lowest BCUT2D eigenvalue weighted by atomic mass is 10.2. The van der Waals surface area contributed by atoms with Crippen LogP contribution in [0.3, 0.4) is 0 Å². The van der Waals surface area contributed by atoms with E-state index in [1.165, 1.54) is 24.3 Å². The lowest BCUT2D eigenvalue weighted by molar-refractivity contribution is -0.119. The van der Waals surface area contributed by atoms with Gasteiger partial charge in [-0.25, -0.2) is 9.07 Å². The summed E-state index contributed by atoms with van der Waals surface area (Å²) in [6, 6.07) is 11.7. The van der Waals surface area contributed by atoms with E-state index in [4.69, 9.17) is 0 Å². The maximum Gasteiger partial charge on any atom is 0.275 e. The number of nitrogens with zero attached hydrogens (tertiary/aromatic N) is 2. The van der Waals surface area contributed by atoms with Crippen LogP contribution >= 0.6 is 0 Å². The molecule has 1 N–H and O–H groups in total. The fraction of sp³-hybridized carbons (Fsp3) is 0.118. The Kier molecular flexibility index (Phi) is 3.89. The number of amides is 1. The van der Waals surface area contributed by atoms with Gasteiger partial charge in [0.2, 0.25) is 5.91 Å². The van der Waals surface area contributed by atoms with Gasteiger partial charge in [0.05, 0.1) is 11.6 Å². The highest BCUT2D eigenvalue weighted by Crippen LogP contribution is 2.13. The van der Waals surface area contributed by atoms with Crippen LogP contribution < -0.4 is 10.9 Å². The molecule has 1 heterocycles. The molecule has 3 aromatic rings. The fourth-order valence-electron chi connectivity index (χ4n) is 2.27. The topological polar surface area (TPSA) is 64.0 Å². The molecule has 0 fully saturated rings. The largest absolute Gasteiger partial charge is 0.324 e. The first-order valence-corrected chi connectivity index (χ1v) is 7.09. The molecule has 0 bridgehead atoms. The molecular weight excluding hydrogens is 297 g/mol. The Morgan fingerprint density at radius 3 is 2.61 bits per heavy atom. The first kappa shape index (κ1) is 14.9. The second kappa shape index (κ2) is 6.00. The van der Waals surface area contributed by atoms with Crippen molar-refractivity contribution in [3.05, 3.63) is 70.9 Å². The first-order valence-electron chi connectivity index (χ1n) is 7.09. The quantitative estimate of drug-likeness (QED) is 0.809. The molecule has 0 spiro atoms. The molecule has 6 heteroatoms. The molecular formula is C17H14FN3O2. The third-order valence-corrected chi connectivity index (χ3v) is 3.58. The van der Waals surface area contributed by atoms with Gasteiger partial charge in [-0.15, -0.1) is 0 Å². The van der Waals surface area contributed by atoms with Gasteiger partial charge in [-0.1, -0.05) is 18.2 Å². The zero-order valence-corrected chi connectivity index (χ0v) is 12.4. The predicted octanol–water partition coefficient (Wildman–Crippen LogP) is 2.74. The van der Waals surface area contributed by atoms with Gasteiger partial charge in [0, 0.05) is 11.1 Å². The van der Waals surface area contributed by atoms with Crippen LogP contribution in [0, 0.1) is 5.82 Å². The van der Waals surface area contributed by atoms with Crippen molar-refractivity contribution in [1.29, 1.82) is 0 Å². The lowest BCUT2D eigenvalue weighted by Crippen LogP contribution is -2.33. The molecule has 0 aliphatic carbocycles. The third kappa shape index (κ3) is 2.96. The van der Waals surface area contributed by atoms with E-state index in [1.54, 1.807) is 31.3 Å². The number of hydrogen-bond donors (Lipinski definition) is 1. The number of fused-ring (bicyclic) bond motifs is 1. The van der Waals surface area contributed by atoms with E-state index in [0.29, 0.717) is 11.1 Å². The molecule has 3 rings (SSSR count). The van der Waals surface area contributed by atoms with Gasteiger partial charge in [-0.05, 0) is 37.3 Å². The van der Waals surface area contributed by atoms with Gasteiger partial charge < -0.3 is 5.32 Å². The Morgan fingerprint density at radius 2 is 1.87 bits per heavy atom. The molecule has 0 radical (unpaired) electrons. The van der Waals surface area contributed by atoms with Crippen LogP contribution in [0.15, 0.2) is 59.5 Å². The molecule has 5 nitrogen and oxygen atoms in total. The monoisotopic (exact) mass is 311 g/mol. The molecule has 1 atom stereocenters. The third-order valence-electron chi connectivity index (χ3n) is 3.58. The average Bonchev–Trinajstić information content (AvgIpc) is 2.57. The number of nitrogens with one attached hydrogen (secondary N) is 1. The second-order valence-electron chi connectivity index (χ2n) is 5.15. The van der Waals surface area contributed by atoms with Crippen LogP contribution in [-0.2, 0) is 4.79 Å². The number of aromatic nitrogens is 2. The van der Waals surface area contributed by atoms with Crippen molar-refractivity contribution in [1.82, 2.24) is 9.78 Å². The molecule has 0 saturated carbocycles. The van der Waals surface area contributed by atoms with E-state index in [0.717, 1.165) is 10.1 Å². The normalized spacial score (nSPS) is 12.1. The summed E-state index contributed by atoms with van der Waals surface area (Å²) in [4.78, 5) is 24.7. The number of hydrogen-bond acceptors (Lipinski definition) is 3. The summed E-state index contributed by atoms with van der Waals surface area (Å²) in [6.07, 6.45) is 1.55. The van der Waals surface area contributed by atoms with Crippen LogP contribution in [0.25, 0.3) is 10.8 Å². The van der Waals surface area contributed by atoms with Crippen LogP contribution in [0.2, 0.25) is 0 Å². The second-order valence-corrected chi connectivity index (χ2v) is 5.15. The van der Waals surface area contributed by atoms with Gasteiger partial charge in [0.15, 0.2) is 0 Å². The summed E-state index contributed by atoms with van der Waals surface area (Å²) >= 11 is 0. The average molecular weight is 311 g/mol. The first-order chi connectivity index (χ1) is 11.1. The minimum atomic E-state index is -0.794. The van der Waals surface area contributed by atoms with Crippen molar-refractivity contribution in [2.75, 3.05) is 5.32 Å². The highest BCUT2D eigenvalue weighted by molar-refractivity contribution is 5.93.